The Morgan fingerprint density at radius 2 is 1.95 bits per heavy atom. The van der Waals surface area contributed by atoms with Crippen LogP contribution in [0.25, 0.3) is 0 Å². The second-order valence-corrected chi connectivity index (χ2v) is 8.20. The van der Waals surface area contributed by atoms with Crippen molar-refractivity contribution >= 4 is 11.8 Å². The van der Waals surface area contributed by atoms with Gasteiger partial charge in [-0.25, -0.2) is 0 Å². The Bertz CT molecular complexity index is 364. The number of fused-ring (bicyclic) bond motifs is 3. The molecule has 0 amide bonds. The second kappa shape index (κ2) is 5.25. The van der Waals surface area contributed by atoms with E-state index in [9.17, 15) is 5.26 Å². The molecule has 3 aliphatic rings. The number of thioether (sulfide) groups is 1. The first-order valence-electron chi connectivity index (χ1n) is 6.84. The minimum Gasteiger partial charge on any atom is -0.326 e. The van der Waals surface area contributed by atoms with Gasteiger partial charge in [-0.1, -0.05) is 34.1 Å². The van der Waals surface area contributed by atoms with Gasteiger partial charge in [-0.05, 0) is 6.42 Å². The van der Waals surface area contributed by atoms with Gasteiger partial charge in [0.1, 0.15) is 0 Å². The van der Waals surface area contributed by atoms with Crippen LogP contribution in [-0.4, -0.2) is 35.8 Å². The monoisotopic (exact) mass is 285 g/mol. The standard InChI is InChI=1S/C14H23NO3S/c1-5-6-13-8-16-14(17-9-13,18-11(13)7-15)10-19-12(2,3)4/h11H,5-6,8-10H2,1-4H3. The molecule has 5 heteroatoms. The molecule has 0 aromatic heterocycles. The van der Waals surface area contributed by atoms with Crippen molar-refractivity contribution in [3.05, 3.63) is 0 Å². The van der Waals surface area contributed by atoms with Gasteiger partial charge >= 0.3 is 0 Å². The van der Waals surface area contributed by atoms with Crippen molar-refractivity contribution < 1.29 is 14.2 Å². The van der Waals surface area contributed by atoms with E-state index in [1.807, 2.05) is 0 Å². The highest BCUT2D eigenvalue weighted by Crippen LogP contribution is 2.47. The lowest BCUT2D eigenvalue weighted by Crippen LogP contribution is -2.65. The van der Waals surface area contributed by atoms with Crippen LogP contribution in [0, 0.1) is 16.7 Å². The lowest BCUT2D eigenvalue weighted by atomic mass is 9.78. The molecule has 0 N–H and O–H groups in total. The van der Waals surface area contributed by atoms with Gasteiger partial charge in [-0.3, -0.25) is 0 Å². The summed E-state index contributed by atoms with van der Waals surface area (Å²) in [7, 11) is 0. The van der Waals surface area contributed by atoms with Crippen LogP contribution in [-0.2, 0) is 14.2 Å². The van der Waals surface area contributed by atoms with Crippen molar-refractivity contribution in [2.75, 3.05) is 19.0 Å². The predicted octanol–water partition coefficient (Wildman–Crippen LogP) is 2.93. The molecule has 108 valence electrons. The SMILES string of the molecule is CCCC12COC(CSC(C)(C)C)(OC1)OC2C#N. The van der Waals surface area contributed by atoms with Crippen LogP contribution in [0.2, 0.25) is 0 Å². The van der Waals surface area contributed by atoms with Gasteiger partial charge in [0.15, 0.2) is 6.10 Å². The van der Waals surface area contributed by atoms with E-state index in [1.54, 1.807) is 11.8 Å². The minimum absolute atomic E-state index is 0.113. The summed E-state index contributed by atoms with van der Waals surface area (Å²) in [5, 5.41) is 9.35. The third-order valence-corrected chi connectivity index (χ3v) is 4.92. The zero-order valence-electron chi connectivity index (χ0n) is 12.2. The lowest BCUT2D eigenvalue weighted by Gasteiger charge is -2.54. The topological polar surface area (TPSA) is 51.5 Å². The maximum Gasteiger partial charge on any atom is 0.293 e. The number of ether oxygens (including phenoxy) is 3. The Hall–Kier alpha value is -0.280. The van der Waals surface area contributed by atoms with E-state index >= 15 is 0 Å². The average molecular weight is 285 g/mol. The van der Waals surface area contributed by atoms with Gasteiger partial charge < -0.3 is 14.2 Å². The van der Waals surface area contributed by atoms with E-state index in [-0.39, 0.29) is 10.2 Å². The molecule has 4 nitrogen and oxygen atoms in total. The molecule has 0 radical (unpaired) electrons. The van der Waals surface area contributed by atoms with Crippen LogP contribution >= 0.6 is 11.8 Å². The first-order valence-corrected chi connectivity index (χ1v) is 7.83. The third-order valence-electron chi connectivity index (χ3n) is 3.56. The van der Waals surface area contributed by atoms with Crippen LogP contribution in [0.3, 0.4) is 0 Å². The maximum absolute atomic E-state index is 9.35. The number of nitrogens with zero attached hydrogens (tertiary/aromatic N) is 1. The van der Waals surface area contributed by atoms with Crippen molar-refractivity contribution in [3.8, 4) is 6.07 Å². The van der Waals surface area contributed by atoms with E-state index in [0.29, 0.717) is 19.0 Å². The summed E-state index contributed by atoms with van der Waals surface area (Å²) in [5.41, 5.74) is -0.280. The Balaban J connectivity index is 2.07. The average Bonchev–Trinajstić information content (AvgIpc) is 2.37. The van der Waals surface area contributed by atoms with E-state index in [4.69, 9.17) is 14.2 Å². The molecule has 0 aromatic rings. The summed E-state index contributed by atoms with van der Waals surface area (Å²) < 4.78 is 17.6. The van der Waals surface area contributed by atoms with Crippen LogP contribution < -0.4 is 0 Å². The fraction of sp³-hybridized carbons (Fsp3) is 0.929. The Morgan fingerprint density at radius 3 is 2.42 bits per heavy atom. The largest absolute Gasteiger partial charge is 0.326 e. The first kappa shape index (κ1) is 15.1. The fourth-order valence-electron chi connectivity index (χ4n) is 2.47. The number of hydrogen-bond acceptors (Lipinski definition) is 5. The molecule has 3 fully saturated rings. The minimum atomic E-state index is -1.02. The summed E-state index contributed by atoms with van der Waals surface area (Å²) >= 11 is 1.73. The van der Waals surface area contributed by atoms with Gasteiger partial charge in [0.05, 0.1) is 30.5 Å². The molecular formula is C14H23NO3S. The molecule has 19 heavy (non-hydrogen) atoms. The van der Waals surface area contributed by atoms with Crippen molar-refractivity contribution in [2.24, 2.45) is 5.41 Å². The van der Waals surface area contributed by atoms with Crippen LogP contribution in [0.15, 0.2) is 0 Å². The van der Waals surface area contributed by atoms with Crippen LogP contribution in [0.1, 0.15) is 40.5 Å². The second-order valence-electron chi connectivity index (χ2n) is 6.40. The highest BCUT2D eigenvalue weighted by atomic mass is 32.2. The molecule has 0 saturated carbocycles. The lowest BCUT2D eigenvalue weighted by molar-refractivity contribution is -0.470. The molecular weight excluding hydrogens is 262 g/mol. The molecule has 0 spiro atoms. The quantitative estimate of drug-likeness (QED) is 0.795. The molecule has 1 atom stereocenters. The summed E-state index contributed by atoms with van der Waals surface area (Å²) in [6, 6.07) is 2.29. The van der Waals surface area contributed by atoms with Crippen LogP contribution in [0.4, 0.5) is 0 Å². The van der Waals surface area contributed by atoms with Gasteiger partial charge in [-0.15, -0.1) is 11.8 Å². The summed E-state index contributed by atoms with van der Waals surface area (Å²) in [6.07, 6.45) is 1.47. The van der Waals surface area contributed by atoms with E-state index < -0.39 is 12.1 Å². The zero-order valence-corrected chi connectivity index (χ0v) is 13.0. The van der Waals surface area contributed by atoms with E-state index in [1.165, 1.54) is 0 Å². The zero-order chi connectivity index (χ0) is 14.1. The molecule has 3 aliphatic heterocycles. The van der Waals surface area contributed by atoms with Gasteiger partial charge in [0.25, 0.3) is 5.97 Å². The molecule has 1 unspecified atom stereocenters. The van der Waals surface area contributed by atoms with Crippen molar-refractivity contribution in [2.45, 2.75) is 57.4 Å². The smallest absolute Gasteiger partial charge is 0.293 e. The van der Waals surface area contributed by atoms with Gasteiger partial charge in [-0.2, -0.15) is 5.26 Å². The first-order chi connectivity index (χ1) is 8.85. The molecule has 2 bridgehead atoms. The molecule has 3 rings (SSSR count). The van der Waals surface area contributed by atoms with Crippen molar-refractivity contribution in [3.63, 3.8) is 0 Å². The maximum atomic E-state index is 9.35. The summed E-state index contributed by atoms with van der Waals surface area (Å²) in [5.74, 6) is -0.426. The molecule has 0 aliphatic carbocycles. The molecule has 3 heterocycles. The summed E-state index contributed by atoms with van der Waals surface area (Å²) in [4.78, 5) is 0. The van der Waals surface area contributed by atoms with Gasteiger partial charge in [0.2, 0.25) is 0 Å². The van der Waals surface area contributed by atoms with E-state index in [0.717, 1.165) is 12.8 Å². The highest BCUT2D eigenvalue weighted by Gasteiger charge is 2.58. The normalized spacial score (nSPS) is 38.2. The van der Waals surface area contributed by atoms with E-state index in [2.05, 4.69) is 33.8 Å². The molecule has 3 saturated heterocycles. The van der Waals surface area contributed by atoms with Gasteiger partial charge in [0, 0.05) is 4.75 Å². The molecule has 0 aromatic carbocycles. The number of rotatable bonds is 4. The Kier molecular flexibility index (Phi) is 4.18. The number of nitriles is 1. The predicted molar refractivity (Wildman–Crippen MR) is 74.7 cm³/mol. The van der Waals surface area contributed by atoms with Crippen molar-refractivity contribution in [1.29, 1.82) is 5.26 Å². The summed E-state index contributed by atoms with van der Waals surface area (Å²) in [6.45, 7) is 9.65. The Labute approximate surface area is 119 Å². The highest BCUT2D eigenvalue weighted by molar-refractivity contribution is 8.00. The van der Waals surface area contributed by atoms with Crippen LogP contribution in [0.5, 0.6) is 0 Å². The Morgan fingerprint density at radius 1 is 1.32 bits per heavy atom. The third kappa shape index (κ3) is 3.08. The van der Waals surface area contributed by atoms with Crippen molar-refractivity contribution in [1.82, 2.24) is 0 Å². The number of hydrogen-bond donors (Lipinski definition) is 0. The fourth-order valence-corrected chi connectivity index (χ4v) is 3.32.